The summed E-state index contributed by atoms with van der Waals surface area (Å²) in [6.45, 7) is 5.05. The highest BCUT2D eigenvalue weighted by molar-refractivity contribution is 7.89. The molecule has 0 saturated heterocycles. The molecule has 0 aromatic heterocycles. The maximum absolute atomic E-state index is 12.2. The van der Waals surface area contributed by atoms with Gasteiger partial charge in [-0.1, -0.05) is 18.6 Å². The number of rotatable bonds is 9. The van der Waals surface area contributed by atoms with Gasteiger partial charge in [-0.2, -0.15) is 0 Å². The topological polar surface area (TPSA) is 84.2 Å². The van der Waals surface area contributed by atoms with Crippen molar-refractivity contribution in [1.82, 2.24) is 4.72 Å². The van der Waals surface area contributed by atoms with Gasteiger partial charge in [0.2, 0.25) is 10.0 Å². The van der Waals surface area contributed by atoms with Crippen molar-refractivity contribution in [3.63, 3.8) is 0 Å². The van der Waals surface area contributed by atoms with Crippen molar-refractivity contribution in [2.75, 3.05) is 18.4 Å². The Kier molecular flexibility index (Phi) is 6.98. The molecule has 0 fully saturated rings. The monoisotopic (exact) mass is 299 g/mol. The Morgan fingerprint density at radius 1 is 1.15 bits per heavy atom. The van der Waals surface area contributed by atoms with Crippen LogP contribution >= 0.6 is 0 Å². The van der Waals surface area contributed by atoms with Gasteiger partial charge in [-0.3, -0.25) is 0 Å². The van der Waals surface area contributed by atoms with Crippen LogP contribution in [0, 0.1) is 0 Å². The molecule has 0 radical (unpaired) electrons. The molecule has 114 valence electrons. The molecule has 6 heteroatoms. The highest BCUT2D eigenvalue weighted by atomic mass is 32.2. The molecule has 1 aromatic carbocycles. The van der Waals surface area contributed by atoms with E-state index in [4.69, 9.17) is 5.73 Å². The fourth-order valence-electron chi connectivity index (χ4n) is 1.89. The third-order valence-corrected chi connectivity index (χ3v) is 4.48. The van der Waals surface area contributed by atoms with Crippen LogP contribution in [0.25, 0.3) is 0 Å². The zero-order valence-corrected chi connectivity index (χ0v) is 13.0. The van der Waals surface area contributed by atoms with E-state index >= 15 is 0 Å². The van der Waals surface area contributed by atoms with Crippen molar-refractivity contribution in [1.29, 1.82) is 0 Å². The molecule has 5 nitrogen and oxygen atoms in total. The summed E-state index contributed by atoms with van der Waals surface area (Å²) in [6, 6.07) is 6.84. The summed E-state index contributed by atoms with van der Waals surface area (Å²) in [5.41, 5.74) is 6.09. The Balaban J connectivity index is 2.73. The zero-order chi connectivity index (χ0) is 15.0. The summed E-state index contributed by atoms with van der Waals surface area (Å²) < 4.78 is 27.1. The van der Waals surface area contributed by atoms with Crippen molar-refractivity contribution < 1.29 is 8.42 Å². The van der Waals surface area contributed by atoms with Gasteiger partial charge in [0.15, 0.2) is 0 Å². The maximum atomic E-state index is 12.2. The summed E-state index contributed by atoms with van der Waals surface area (Å²) >= 11 is 0. The quantitative estimate of drug-likeness (QED) is 0.608. The summed E-state index contributed by atoms with van der Waals surface area (Å²) in [5.74, 6) is 0. The average molecular weight is 299 g/mol. The maximum Gasteiger partial charge on any atom is 0.242 e. The van der Waals surface area contributed by atoms with Gasteiger partial charge in [0.25, 0.3) is 0 Å². The molecule has 0 atom stereocenters. The standard InChI is InChI=1S/C14H25N3O2S/c1-12(2)17-20(18,19)14-9-5-4-8-13(14)16-11-7-3-6-10-15/h4-5,8-9,12,16-17H,3,6-7,10-11,15H2,1-2H3. The lowest BCUT2D eigenvalue weighted by Gasteiger charge is -2.14. The van der Waals surface area contributed by atoms with Gasteiger partial charge in [-0.15, -0.1) is 0 Å². The molecule has 0 aliphatic carbocycles. The van der Waals surface area contributed by atoms with Gasteiger partial charge in [0.1, 0.15) is 4.90 Å². The number of hydrogen-bond donors (Lipinski definition) is 3. The number of unbranched alkanes of at least 4 members (excludes halogenated alkanes) is 2. The van der Waals surface area contributed by atoms with E-state index in [1.807, 2.05) is 6.07 Å². The van der Waals surface area contributed by atoms with E-state index in [0.29, 0.717) is 17.1 Å². The summed E-state index contributed by atoms with van der Waals surface area (Å²) in [7, 11) is -3.47. The molecule has 1 rings (SSSR count). The number of hydrogen-bond acceptors (Lipinski definition) is 4. The first kappa shape index (κ1) is 16.9. The van der Waals surface area contributed by atoms with Crippen LogP contribution in [0.1, 0.15) is 33.1 Å². The number of sulfonamides is 1. The Labute approximate surface area is 122 Å². The van der Waals surface area contributed by atoms with Gasteiger partial charge in [0.05, 0.1) is 5.69 Å². The lowest BCUT2D eigenvalue weighted by Crippen LogP contribution is -2.30. The number of nitrogens with one attached hydrogen (secondary N) is 2. The number of anilines is 1. The molecule has 0 heterocycles. The normalized spacial score (nSPS) is 11.8. The lowest BCUT2D eigenvalue weighted by atomic mass is 10.2. The Morgan fingerprint density at radius 3 is 2.50 bits per heavy atom. The van der Waals surface area contributed by atoms with Crippen LogP contribution in [0.15, 0.2) is 29.2 Å². The predicted molar refractivity (Wildman–Crippen MR) is 83.3 cm³/mol. The Bertz CT molecular complexity index is 501. The van der Waals surface area contributed by atoms with Crippen molar-refractivity contribution in [3.05, 3.63) is 24.3 Å². The largest absolute Gasteiger partial charge is 0.384 e. The summed E-state index contributed by atoms with van der Waals surface area (Å²) in [6.07, 6.45) is 3.02. The van der Waals surface area contributed by atoms with Gasteiger partial charge < -0.3 is 11.1 Å². The molecule has 0 amide bonds. The first-order chi connectivity index (χ1) is 9.47. The van der Waals surface area contributed by atoms with Crippen LogP contribution in [-0.4, -0.2) is 27.5 Å². The van der Waals surface area contributed by atoms with Crippen LogP contribution in [0.2, 0.25) is 0 Å². The van der Waals surface area contributed by atoms with Crippen molar-refractivity contribution in [2.24, 2.45) is 5.73 Å². The fourth-order valence-corrected chi connectivity index (χ4v) is 3.32. The Hall–Kier alpha value is -1.11. The number of nitrogens with two attached hydrogens (primary N) is 1. The molecule has 0 aliphatic heterocycles. The van der Waals surface area contributed by atoms with E-state index in [2.05, 4.69) is 10.0 Å². The number of para-hydroxylation sites is 1. The van der Waals surface area contributed by atoms with Crippen LogP contribution in [0.5, 0.6) is 0 Å². The van der Waals surface area contributed by atoms with E-state index < -0.39 is 10.0 Å². The molecule has 0 unspecified atom stereocenters. The van der Waals surface area contributed by atoms with Crippen LogP contribution < -0.4 is 15.8 Å². The average Bonchev–Trinajstić information content (AvgIpc) is 2.37. The van der Waals surface area contributed by atoms with Crippen LogP contribution in [0.4, 0.5) is 5.69 Å². The van der Waals surface area contributed by atoms with Gasteiger partial charge in [-0.05, 0) is 45.4 Å². The van der Waals surface area contributed by atoms with Crippen molar-refractivity contribution in [2.45, 2.75) is 44.0 Å². The van der Waals surface area contributed by atoms with Gasteiger partial charge in [-0.25, -0.2) is 13.1 Å². The second-order valence-electron chi connectivity index (χ2n) is 5.05. The molecule has 1 aromatic rings. The van der Waals surface area contributed by atoms with Gasteiger partial charge >= 0.3 is 0 Å². The zero-order valence-electron chi connectivity index (χ0n) is 12.2. The molecule has 20 heavy (non-hydrogen) atoms. The summed E-state index contributed by atoms with van der Waals surface area (Å²) in [4.78, 5) is 0.299. The van der Waals surface area contributed by atoms with E-state index in [0.717, 1.165) is 25.8 Å². The second kappa shape index (κ2) is 8.24. The minimum absolute atomic E-state index is 0.127. The molecule has 0 bridgehead atoms. The third kappa shape index (κ3) is 5.48. The Morgan fingerprint density at radius 2 is 1.85 bits per heavy atom. The minimum Gasteiger partial charge on any atom is -0.384 e. The SMILES string of the molecule is CC(C)NS(=O)(=O)c1ccccc1NCCCCCN. The molecule has 0 saturated carbocycles. The van der Waals surface area contributed by atoms with Crippen LogP contribution in [0.3, 0.4) is 0 Å². The fraction of sp³-hybridized carbons (Fsp3) is 0.571. The van der Waals surface area contributed by atoms with Crippen molar-refractivity contribution >= 4 is 15.7 Å². The smallest absolute Gasteiger partial charge is 0.242 e. The molecule has 4 N–H and O–H groups in total. The van der Waals surface area contributed by atoms with E-state index in [1.165, 1.54) is 0 Å². The highest BCUT2D eigenvalue weighted by Gasteiger charge is 2.18. The molecule has 0 aliphatic rings. The van der Waals surface area contributed by atoms with Gasteiger partial charge in [0, 0.05) is 12.6 Å². The van der Waals surface area contributed by atoms with E-state index in [-0.39, 0.29) is 6.04 Å². The molecule has 0 spiro atoms. The minimum atomic E-state index is -3.47. The highest BCUT2D eigenvalue weighted by Crippen LogP contribution is 2.21. The van der Waals surface area contributed by atoms with Crippen molar-refractivity contribution in [3.8, 4) is 0 Å². The predicted octanol–water partition coefficient (Wildman–Crippen LogP) is 1.91. The first-order valence-corrected chi connectivity index (χ1v) is 8.51. The first-order valence-electron chi connectivity index (χ1n) is 7.02. The number of benzene rings is 1. The summed E-state index contributed by atoms with van der Waals surface area (Å²) in [5, 5.41) is 3.19. The lowest BCUT2D eigenvalue weighted by molar-refractivity contribution is 0.570. The second-order valence-corrected chi connectivity index (χ2v) is 6.73. The third-order valence-electron chi connectivity index (χ3n) is 2.76. The van der Waals surface area contributed by atoms with E-state index in [9.17, 15) is 8.42 Å². The molecular weight excluding hydrogens is 274 g/mol. The molecular formula is C14H25N3O2S. The van der Waals surface area contributed by atoms with E-state index in [1.54, 1.807) is 32.0 Å². The van der Waals surface area contributed by atoms with Crippen LogP contribution in [-0.2, 0) is 10.0 Å².